The van der Waals surface area contributed by atoms with Gasteiger partial charge in [0, 0.05) is 24.0 Å². The summed E-state index contributed by atoms with van der Waals surface area (Å²) in [5.74, 6) is -0.163. The first-order valence-electron chi connectivity index (χ1n) is 10.1. The molecule has 0 saturated heterocycles. The third kappa shape index (κ3) is 2.57. The maximum atomic E-state index is 14.0. The van der Waals surface area contributed by atoms with E-state index in [9.17, 15) is 9.59 Å². The first-order chi connectivity index (χ1) is 14.9. The zero-order valence-corrected chi connectivity index (χ0v) is 18.1. The summed E-state index contributed by atoms with van der Waals surface area (Å²) >= 11 is 6.48. The van der Waals surface area contributed by atoms with Crippen molar-refractivity contribution in [1.82, 2.24) is 0 Å². The average molecular weight is 441 g/mol. The number of carbonyl (C=O) groups is 2. The number of ketones is 2. The van der Waals surface area contributed by atoms with Crippen molar-refractivity contribution in [2.24, 2.45) is 5.92 Å². The number of fused-ring (bicyclic) bond motifs is 1. The van der Waals surface area contributed by atoms with Crippen LogP contribution < -0.4 is 14.2 Å². The van der Waals surface area contributed by atoms with Gasteiger partial charge >= 0.3 is 0 Å². The lowest BCUT2D eigenvalue weighted by Gasteiger charge is -2.36. The topological polar surface area (TPSA) is 71.1 Å². The minimum atomic E-state index is -1.70. The van der Waals surface area contributed by atoms with Gasteiger partial charge in [-0.1, -0.05) is 48.9 Å². The van der Waals surface area contributed by atoms with Crippen LogP contribution in [-0.2, 0) is 9.53 Å². The Morgan fingerprint density at radius 3 is 2.45 bits per heavy atom. The molecule has 7 heteroatoms. The lowest BCUT2D eigenvalue weighted by molar-refractivity contribution is -0.130. The summed E-state index contributed by atoms with van der Waals surface area (Å²) in [7, 11) is 2.91. The third-order valence-electron chi connectivity index (χ3n) is 6.46. The van der Waals surface area contributed by atoms with Crippen molar-refractivity contribution in [3.63, 3.8) is 0 Å². The quantitative estimate of drug-likeness (QED) is 0.661. The van der Waals surface area contributed by atoms with E-state index < -0.39 is 17.3 Å². The Labute approximate surface area is 184 Å². The largest absolute Gasteiger partial charge is 0.496 e. The van der Waals surface area contributed by atoms with Gasteiger partial charge in [-0.05, 0) is 5.56 Å². The maximum absolute atomic E-state index is 14.0. The highest BCUT2D eigenvalue weighted by molar-refractivity contribution is 6.36. The molecule has 2 aromatic rings. The van der Waals surface area contributed by atoms with Crippen LogP contribution in [0.2, 0.25) is 5.02 Å². The maximum Gasteiger partial charge on any atom is 0.236 e. The molecule has 0 saturated carbocycles. The Balaban J connectivity index is 1.64. The van der Waals surface area contributed by atoms with Crippen LogP contribution in [0.25, 0.3) is 0 Å². The van der Waals surface area contributed by atoms with E-state index in [1.54, 1.807) is 0 Å². The molecule has 31 heavy (non-hydrogen) atoms. The molecule has 160 valence electrons. The van der Waals surface area contributed by atoms with Gasteiger partial charge < -0.3 is 18.9 Å². The molecule has 0 N–H and O–H groups in total. The van der Waals surface area contributed by atoms with Crippen molar-refractivity contribution in [2.45, 2.75) is 24.9 Å². The number of ether oxygens (including phenoxy) is 4. The van der Waals surface area contributed by atoms with Crippen molar-refractivity contribution < 1.29 is 28.5 Å². The predicted octanol–water partition coefficient (Wildman–Crippen LogP) is 4.35. The number of Topliss-reactive ketones (excluding diaryl/α,β-unsaturated/α-hetero) is 2. The van der Waals surface area contributed by atoms with E-state index in [4.69, 9.17) is 30.5 Å². The first-order valence-corrected chi connectivity index (χ1v) is 10.5. The smallest absolute Gasteiger partial charge is 0.236 e. The fourth-order valence-corrected chi connectivity index (χ4v) is 5.13. The van der Waals surface area contributed by atoms with Crippen molar-refractivity contribution in [3.8, 4) is 17.2 Å². The highest BCUT2D eigenvalue weighted by Crippen LogP contribution is 2.55. The Hall–Kier alpha value is -2.99. The monoisotopic (exact) mass is 440 g/mol. The molecule has 0 aromatic heterocycles. The minimum Gasteiger partial charge on any atom is -0.496 e. The van der Waals surface area contributed by atoms with E-state index in [-0.39, 0.29) is 33.8 Å². The molecule has 2 aromatic carbocycles. The number of hydrogen-bond acceptors (Lipinski definition) is 6. The molecule has 0 radical (unpaired) electrons. The van der Waals surface area contributed by atoms with Crippen LogP contribution in [0.1, 0.15) is 35.2 Å². The molecule has 0 unspecified atom stereocenters. The Bertz CT molecular complexity index is 1140. The summed E-state index contributed by atoms with van der Waals surface area (Å²) in [5, 5.41) is 0.144. The van der Waals surface area contributed by atoms with Crippen LogP contribution >= 0.6 is 11.6 Å². The lowest BCUT2D eigenvalue weighted by atomic mass is 9.69. The van der Waals surface area contributed by atoms with Crippen molar-refractivity contribution in [2.75, 3.05) is 20.8 Å². The number of allylic oxidation sites excluding steroid dienone is 1. The van der Waals surface area contributed by atoms with Gasteiger partial charge in [0.15, 0.2) is 5.75 Å². The standard InChI is InChI=1S/C24H21ClO6/c1-12-9-16-18(14(11-30-16)13-7-5-4-6-8-13)22(26)24(12)23(27)19-15(28-2)10-17(29-3)20(25)21(19)31-24/h4-8,10,12,14H,9,11H2,1-3H3/t12-,14+,24+/m1/s1. The van der Waals surface area contributed by atoms with Crippen LogP contribution in [0.3, 0.4) is 0 Å². The molecule has 1 spiro atoms. The molecule has 5 rings (SSSR count). The lowest BCUT2D eigenvalue weighted by Crippen LogP contribution is -2.56. The molecule has 2 heterocycles. The summed E-state index contributed by atoms with van der Waals surface area (Å²) in [6.07, 6.45) is 0.418. The van der Waals surface area contributed by atoms with E-state index >= 15 is 0 Å². The molecule has 0 bridgehead atoms. The fourth-order valence-electron chi connectivity index (χ4n) is 4.86. The number of rotatable bonds is 3. The molecule has 1 aliphatic carbocycles. The molecule has 3 atom stereocenters. The summed E-state index contributed by atoms with van der Waals surface area (Å²) in [5.41, 5.74) is -0.0587. The second-order valence-electron chi connectivity index (χ2n) is 8.01. The summed E-state index contributed by atoms with van der Waals surface area (Å²) in [6, 6.07) is 11.2. The van der Waals surface area contributed by atoms with Gasteiger partial charge in [0.1, 0.15) is 27.8 Å². The third-order valence-corrected chi connectivity index (χ3v) is 6.82. The van der Waals surface area contributed by atoms with Crippen molar-refractivity contribution >= 4 is 23.2 Å². The normalized spacial score (nSPS) is 26.5. The summed E-state index contributed by atoms with van der Waals surface area (Å²) in [6.45, 7) is 2.19. The van der Waals surface area contributed by atoms with E-state index in [0.29, 0.717) is 30.1 Å². The van der Waals surface area contributed by atoms with E-state index in [0.717, 1.165) is 5.56 Å². The SMILES string of the molecule is COc1cc(OC)c2c(c1Cl)O[C@@]1(C(=O)C3=C(C[C@H]1C)OC[C@H]3c1ccccc1)C2=O. The molecular formula is C24H21ClO6. The fraction of sp³-hybridized carbons (Fsp3) is 0.333. The Morgan fingerprint density at radius 2 is 1.77 bits per heavy atom. The van der Waals surface area contributed by atoms with Crippen molar-refractivity contribution in [3.05, 3.63) is 63.9 Å². The number of carbonyl (C=O) groups excluding carboxylic acids is 2. The molecule has 0 fully saturated rings. The number of methoxy groups -OCH3 is 2. The van der Waals surface area contributed by atoms with E-state index in [1.165, 1.54) is 20.3 Å². The molecule has 0 amide bonds. The van der Waals surface area contributed by atoms with Crippen molar-refractivity contribution in [1.29, 1.82) is 0 Å². The van der Waals surface area contributed by atoms with Gasteiger partial charge in [-0.3, -0.25) is 9.59 Å². The molecule has 6 nitrogen and oxygen atoms in total. The summed E-state index contributed by atoms with van der Waals surface area (Å²) < 4.78 is 22.8. The molecular weight excluding hydrogens is 420 g/mol. The van der Waals surface area contributed by atoms with Gasteiger partial charge in [-0.15, -0.1) is 0 Å². The van der Waals surface area contributed by atoms with Gasteiger partial charge in [0.2, 0.25) is 17.2 Å². The Kier molecular flexibility index (Phi) is 4.52. The number of halogens is 1. The molecule has 3 aliphatic rings. The van der Waals surface area contributed by atoms with Crippen LogP contribution in [-0.4, -0.2) is 38.0 Å². The minimum absolute atomic E-state index is 0.127. The van der Waals surface area contributed by atoms with Gasteiger partial charge in [0.25, 0.3) is 0 Å². The van der Waals surface area contributed by atoms with Crippen LogP contribution in [0.4, 0.5) is 0 Å². The number of benzene rings is 2. The van der Waals surface area contributed by atoms with Gasteiger partial charge in [-0.25, -0.2) is 0 Å². The van der Waals surface area contributed by atoms with Crippen LogP contribution in [0.5, 0.6) is 17.2 Å². The second kappa shape index (κ2) is 7.02. The average Bonchev–Trinajstić information content (AvgIpc) is 3.34. The Morgan fingerprint density at radius 1 is 1.06 bits per heavy atom. The number of hydrogen-bond donors (Lipinski definition) is 0. The highest BCUT2D eigenvalue weighted by atomic mass is 35.5. The van der Waals surface area contributed by atoms with Gasteiger partial charge in [0.05, 0.1) is 26.7 Å². The van der Waals surface area contributed by atoms with E-state index in [1.807, 2.05) is 37.3 Å². The zero-order chi connectivity index (χ0) is 21.9. The highest BCUT2D eigenvalue weighted by Gasteiger charge is 2.64. The van der Waals surface area contributed by atoms with Crippen LogP contribution in [0, 0.1) is 5.92 Å². The van der Waals surface area contributed by atoms with Gasteiger partial charge in [-0.2, -0.15) is 0 Å². The molecule has 2 aliphatic heterocycles. The second-order valence-corrected chi connectivity index (χ2v) is 8.39. The predicted molar refractivity (Wildman–Crippen MR) is 113 cm³/mol. The van der Waals surface area contributed by atoms with E-state index in [2.05, 4.69) is 0 Å². The zero-order valence-electron chi connectivity index (χ0n) is 17.4. The first kappa shape index (κ1) is 19.9. The summed E-state index contributed by atoms with van der Waals surface area (Å²) in [4.78, 5) is 27.7. The van der Waals surface area contributed by atoms with Crippen LogP contribution in [0.15, 0.2) is 47.7 Å².